The normalized spacial score (nSPS) is 10.7. The zero-order valence-electron chi connectivity index (χ0n) is 11.8. The summed E-state index contributed by atoms with van der Waals surface area (Å²) in [5.41, 5.74) is 0. The number of fused-ring (bicyclic) bond motifs is 1. The van der Waals surface area contributed by atoms with Gasteiger partial charge in [0.05, 0.1) is 7.11 Å². The number of rotatable bonds is 6. The molecule has 1 aromatic carbocycles. The van der Waals surface area contributed by atoms with Gasteiger partial charge in [0.15, 0.2) is 0 Å². The van der Waals surface area contributed by atoms with E-state index in [1.165, 1.54) is 0 Å². The number of pyridine rings is 1. The predicted molar refractivity (Wildman–Crippen MR) is 80.1 cm³/mol. The van der Waals surface area contributed by atoms with Crippen molar-refractivity contribution in [1.82, 2.24) is 10.3 Å². The van der Waals surface area contributed by atoms with Crippen LogP contribution in [0.25, 0.3) is 10.8 Å². The fourth-order valence-electron chi connectivity index (χ4n) is 2.24. The van der Waals surface area contributed by atoms with Gasteiger partial charge in [0.25, 0.3) is 0 Å². The average Bonchev–Trinajstić information content (AvgIpc) is 2.46. The third-order valence-corrected chi connectivity index (χ3v) is 3.25. The molecule has 2 aromatic rings. The van der Waals surface area contributed by atoms with E-state index in [-0.39, 0.29) is 0 Å². The minimum atomic E-state index is 0.893. The first-order valence-electron chi connectivity index (χ1n) is 6.55. The maximum absolute atomic E-state index is 5.40. The van der Waals surface area contributed by atoms with E-state index in [1.54, 1.807) is 7.11 Å². The molecular formula is C15H21N3O. The van der Waals surface area contributed by atoms with Crippen molar-refractivity contribution in [2.24, 2.45) is 0 Å². The number of ether oxygens (including phenoxy) is 1. The van der Waals surface area contributed by atoms with Crippen molar-refractivity contribution in [3.05, 3.63) is 30.5 Å². The Morgan fingerprint density at radius 1 is 1.26 bits per heavy atom. The van der Waals surface area contributed by atoms with Crippen molar-refractivity contribution in [3.8, 4) is 5.75 Å². The van der Waals surface area contributed by atoms with Crippen LogP contribution in [0.2, 0.25) is 0 Å². The Labute approximate surface area is 114 Å². The fourth-order valence-corrected chi connectivity index (χ4v) is 2.24. The smallest absolute Gasteiger partial charge is 0.136 e. The SMILES string of the molecule is CNCCCN(C)c1nccc2c(OC)cccc12. The van der Waals surface area contributed by atoms with Crippen molar-refractivity contribution >= 4 is 16.6 Å². The second kappa shape index (κ2) is 6.38. The lowest BCUT2D eigenvalue weighted by Gasteiger charge is -2.20. The molecule has 0 fully saturated rings. The van der Waals surface area contributed by atoms with E-state index in [0.29, 0.717) is 0 Å². The molecule has 0 radical (unpaired) electrons. The quantitative estimate of drug-likeness (QED) is 0.808. The molecule has 2 rings (SSSR count). The van der Waals surface area contributed by atoms with E-state index in [2.05, 4.69) is 28.3 Å². The minimum absolute atomic E-state index is 0.893. The van der Waals surface area contributed by atoms with Gasteiger partial charge in [-0.15, -0.1) is 0 Å². The van der Waals surface area contributed by atoms with Crippen LogP contribution in [0.5, 0.6) is 5.75 Å². The molecule has 1 N–H and O–H groups in total. The Morgan fingerprint density at radius 2 is 2.11 bits per heavy atom. The van der Waals surface area contributed by atoms with Crippen molar-refractivity contribution < 1.29 is 4.74 Å². The maximum atomic E-state index is 5.40. The third-order valence-electron chi connectivity index (χ3n) is 3.25. The number of nitrogens with zero attached hydrogens (tertiary/aromatic N) is 2. The van der Waals surface area contributed by atoms with Gasteiger partial charge in [0, 0.05) is 30.6 Å². The number of anilines is 1. The van der Waals surface area contributed by atoms with E-state index in [0.717, 1.165) is 41.9 Å². The zero-order valence-corrected chi connectivity index (χ0v) is 11.8. The Balaban J connectivity index is 2.33. The summed E-state index contributed by atoms with van der Waals surface area (Å²) in [7, 11) is 5.75. The lowest BCUT2D eigenvalue weighted by Crippen LogP contribution is -2.23. The lowest BCUT2D eigenvalue weighted by molar-refractivity contribution is 0.420. The first kappa shape index (κ1) is 13.6. The molecule has 1 heterocycles. The Hall–Kier alpha value is -1.81. The van der Waals surface area contributed by atoms with Crippen LogP contribution in [0.15, 0.2) is 30.5 Å². The summed E-state index contributed by atoms with van der Waals surface area (Å²) in [4.78, 5) is 6.70. The summed E-state index contributed by atoms with van der Waals surface area (Å²) in [5, 5.41) is 5.40. The number of hydrogen-bond donors (Lipinski definition) is 1. The van der Waals surface area contributed by atoms with Crippen molar-refractivity contribution in [2.45, 2.75) is 6.42 Å². The van der Waals surface area contributed by atoms with Gasteiger partial charge in [-0.05, 0) is 32.1 Å². The van der Waals surface area contributed by atoms with Crippen LogP contribution in [0, 0.1) is 0 Å². The summed E-state index contributed by atoms with van der Waals surface area (Å²) >= 11 is 0. The molecule has 0 saturated carbocycles. The molecule has 0 aliphatic rings. The Kier molecular flexibility index (Phi) is 4.58. The van der Waals surface area contributed by atoms with E-state index >= 15 is 0 Å². The average molecular weight is 259 g/mol. The van der Waals surface area contributed by atoms with E-state index in [1.807, 2.05) is 31.4 Å². The molecule has 1 aromatic heterocycles. The van der Waals surface area contributed by atoms with Gasteiger partial charge in [0.2, 0.25) is 0 Å². The topological polar surface area (TPSA) is 37.4 Å². The highest BCUT2D eigenvalue weighted by Gasteiger charge is 2.09. The van der Waals surface area contributed by atoms with Gasteiger partial charge >= 0.3 is 0 Å². The summed E-state index contributed by atoms with van der Waals surface area (Å²) < 4.78 is 5.40. The summed E-state index contributed by atoms with van der Waals surface area (Å²) in [5.74, 6) is 1.90. The first-order valence-corrected chi connectivity index (χ1v) is 6.55. The van der Waals surface area contributed by atoms with Crippen LogP contribution in [0.4, 0.5) is 5.82 Å². The number of benzene rings is 1. The fraction of sp³-hybridized carbons (Fsp3) is 0.400. The highest BCUT2D eigenvalue weighted by Crippen LogP contribution is 2.30. The summed E-state index contributed by atoms with van der Waals surface area (Å²) in [6.07, 6.45) is 2.93. The molecule has 4 nitrogen and oxygen atoms in total. The maximum Gasteiger partial charge on any atom is 0.136 e. The molecule has 102 valence electrons. The monoisotopic (exact) mass is 259 g/mol. The van der Waals surface area contributed by atoms with E-state index in [9.17, 15) is 0 Å². The van der Waals surface area contributed by atoms with Gasteiger partial charge in [0.1, 0.15) is 11.6 Å². The Morgan fingerprint density at radius 3 is 2.84 bits per heavy atom. The van der Waals surface area contributed by atoms with Gasteiger partial charge < -0.3 is 15.0 Å². The van der Waals surface area contributed by atoms with Crippen LogP contribution < -0.4 is 15.0 Å². The number of hydrogen-bond acceptors (Lipinski definition) is 4. The summed E-state index contributed by atoms with van der Waals surface area (Å²) in [6, 6.07) is 8.08. The van der Waals surface area contributed by atoms with Crippen LogP contribution in [0.1, 0.15) is 6.42 Å². The molecule has 0 amide bonds. The third kappa shape index (κ3) is 2.96. The second-order valence-electron chi connectivity index (χ2n) is 4.57. The molecule has 4 heteroatoms. The van der Waals surface area contributed by atoms with E-state index in [4.69, 9.17) is 4.74 Å². The molecule has 19 heavy (non-hydrogen) atoms. The van der Waals surface area contributed by atoms with Crippen LogP contribution in [-0.4, -0.2) is 39.3 Å². The standard InChI is InChI=1S/C15H21N3O/c1-16-9-5-11-18(2)15-13-6-4-7-14(19-3)12(13)8-10-17-15/h4,6-8,10,16H,5,9,11H2,1-3H3. The molecule has 0 saturated heterocycles. The molecule has 0 bridgehead atoms. The highest BCUT2D eigenvalue weighted by molar-refractivity contribution is 5.96. The highest BCUT2D eigenvalue weighted by atomic mass is 16.5. The minimum Gasteiger partial charge on any atom is -0.496 e. The number of aromatic nitrogens is 1. The second-order valence-corrected chi connectivity index (χ2v) is 4.57. The largest absolute Gasteiger partial charge is 0.496 e. The van der Waals surface area contributed by atoms with Crippen molar-refractivity contribution in [3.63, 3.8) is 0 Å². The van der Waals surface area contributed by atoms with E-state index < -0.39 is 0 Å². The number of methoxy groups -OCH3 is 1. The van der Waals surface area contributed by atoms with Crippen LogP contribution in [-0.2, 0) is 0 Å². The van der Waals surface area contributed by atoms with Crippen LogP contribution in [0.3, 0.4) is 0 Å². The lowest BCUT2D eigenvalue weighted by atomic mass is 10.1. The van der Waals surface area contributed by atoms with Gasteiger partial charge in [-0.25, -0.2) is 4.98 Å². The molecule has 0 aliphatic heterocycles. The van der Waals surface area contributed by atoms with Crippen molar-refractivity contribution in [1.29, 1.82) is 0 Å². The molecule has 0 unspecified atom stereocenters. The molecular weight excluding hydrogens is 238 g/mol. The predicted octanol–water partition coefficient (Wildman–Crippen LogP) is 2.29. The van der Waals surface area contributed by atoms with Crippen molar-refractivity contribution in [2.75, 3.05) is 39.2 Å². The van der Waals surface area contributed by atoms with Gasteiger partial charge in [-0.1, -0.05) is 12.1 Å². The Bertz CT molecular complexity index is 542. The van der Waals surface area contributed by atoms with Gasteiger partial charge in [-0.2, -0.15) is 0 Å². The zero-order chi connectivity index (χ0) is 13.7. The number of nitrogens with one attached hydrogen (secondary N) is 1. The molecule has 0 aliphatic carbocycles. The molecule has 0 spiro atoms. The first-order chi connectivity index (χ1) is 9.27. The summed E-state index contributed by atoms with van der Waals surface area (Å²) in [6.45, 7) is 1.99. The van der Waals surface area contributed by atoms with Gasteiger partial charge in [-0.3, -0.25) is 0 Å². The molecule has 0 atom stereocenters. The van der Waals surface area contributed by atoms with Crippen LogP contribution >= 0.6 is 0 Å².